The number of hydrogen-bond acceptors (Lipinski definition) is 5. The number of halogens is 2. The standard InChI is InChI=1S/C40H43Cl2N5O4/c1-20-11-12-26-18-31(40(49)50)44(7)36(26)35(20)46-19-23(4)47-37-29(13-14-30(41)33(37)32-24(5)43-45(8)25(32)6)28(38(47)39(46)48)10-9-15-51-27-16-21(2)34(42)22(3)17-27/h11-14,16-18,23,40,49-50H,9-10,15,19H2,1-8H3/t23-/m1/s1. The molecule has 9 nitrogen and oxygen atoms in total. The van der Waals surface area contributed by atoms with Crippen LogP contribution in [0.4, 0.5) is 5.69 Å². The quantitative estimate of drug-likeness (QED) is 0.121. The van der Waals surface area contributed by atoms with Gasteiger partial charge in [-0.2, -0.15) is 5.10 Å². The number of carbonyl (C=O) groups is 1. The Morgan fingerprint density at radius 2 is 1.65 bits per heavy atom. The molecule has 0 unspecified atom stereocenters. The molecule has 0 saturated heterocycles. The lowest BCUT2D eigenvalue weighted by molar-refractivity contribution is -0.0475. The summed E-state index contributed by atoms with van der Waals surface area (Å²) >= 11 is 13.5. The van der Waals surface area contributed by atoms with Crippen molar-refractivity contribution < 1.29 is 19.7 Å². The third kappa shape index (κ3) is 5.62. The Bertz CT molecular complexity index is 2360. The van der Waals surface area contributed by atoms with E-state index in [2.05, 4.69) is 11.5 Å². The zero-order chi connectivity index (χ0) is 36.6. The molecule has 1 aliphatic rings. The van der Waals surface area contributed by atoms with Gasteiger partial charge in [0.1, 0.15) is 11.4 Å². The molecule has 3 aromatic heterocycles. The van der Waals surface area contributed by atoms with Crippen molar-refractivity contribution in [3.05, 3.63) is 97.5 Å². The topological polar surface area (TPSA) is 97.7 Å². The molecule has 7 rings (SSSR count). The SMILES string of the molecule is Cc1cc(OCCCc2c3n(c4c(-c5c(C)nn(C)c5C)c(Cl)ccc24)[C@H](C)CN(c2c(C)ccc4cc(C(O)O)n(C)c24)C3=O)cc(C)c1Cl. The van der Waals surface area contributed by atoms with Crippen LogP contribution in [0.3, 0.4) is 0 Å². The van der Waals surface area contributed by atoms with E-state index in [1.165, 1.54) is 0 Å². The Balaban J connectivity index is 1.40. The van der Waals surface area contributed by atoms with Gasteiger partial charge in [0.25, 0.3) is 5.91 Å². The highest BCUT2D eigenvalue weighted by molar-refractivity contribution is 6.35. The third-order valence-electron chi connectivity index (χ3n) is 10.5. The highest BCUT2D eigenvalue weighted by Crippen LogP contribution is 2.46. The smallest absolute Gasteiger partial charge is 0.275 e. The number of rotatable bonds is 8. The minimum Gasteiger partial charge on any atom is -0.494 e. The Kier molecular flexibility index (Phi) is 8.99. The molecular weight excluding hydrogens is 685 g/mol. The van der Waals surface area contributed by atoms with E-state index in [1.54, 1.807) is 17.7 Å². The maximum Gasteiger partial charge on any atom is 0.275 e. The number of benzene rings is 3. The highest BCUT2D eigenvalue weighted by atomic mass is 35.5. The van der Waals surface area contributed by atoms with Crippen LogP contribution >= 0.6 is 23.2 Å². The second-order valence-corrected chi connectivity index (χ2v) is 14.7. The number of aliphatic hydroxyl groups is 2. The molecule has 0 radical (unpaired) electrons. The van der Waals surface area contributed by atoms with Crippen LogP contribution in [-0.4, -0.2) is 48.2 Å². The van der Waals surface area contributed by atoms with Gasteiger partial charge < -0.3 is 29.0 Å². The third-order valence-corrected chi connectivity index (χ3v) is 11.4. The molecule has 1 atom stereocenters. The molecule has 2 N–H and O–H groups in total. The average Bonchev–Trinajstić information content (AvgIpc) is 3.68. The summed E-state index contributed by atoms with van der Waals surface area (Å²) in [4.78, 5) is 17.0. The molecule has 0 fully saturated rings. The lowest BCUT2D eigenvalue weighted by Crippen LogP contribution is -2.43. The van der Waals surface area contributed by atoms with Crippen LogP contribution in [0.1, 0.15) is 75.5 Å². The number of aromatic nitrogens is 4. The summed E-state index contributed by atoms with van der Waals surface area (Å²) in [6.07, 6.45) is -0.385. The lowest BCUT2D eigenvalue weighted by Gasteiger charge is -2.35. The van der Waals surface area contributed by atoms with Crippen LogP contribution in [0.5, 0.6) is 5.75 Å². The van der Waals surface area contributed by atoms with E-state index < -0.39 is 6.29 Å². The molecule has 0 spiro atoms. The fourth-order valence-electron chi connectivity index (χ4n) is 8.06. The zero-order valence-electron chi connectivity index (χ0n) is 30.2. The maximum absolute atomic E-state index is 15.1. The minimum atomic E-state index is -1.65. The van der Waals surface area contributed by atoms with Crippen molar-refractivity contribution in [1.29, 1.82) is 0 Å². The van der Waals surface area contributed by atoms with Gasteiger partial charge in [0.2, 0.25) is 0 Å². The average molecular weight is 729 g/mol. The molecular formula is C40H43Cl2N5O4. The van der Waals surface area contributed by atoms with Crippen molar-refractivity contribution >= 4 is 56.6 Å². The second-order valence-electron chi connectivity index (χ2n) is 13.9. The maximum atomic E-state index is 15.1. The van der Waals surface area contributed by atoms with Crippen LogP contribution in [0.25, 0.3) is 32.9 Å². The number of anilines is 1. The van der Waals surface area contributed by atoms with E-state index in [-0.39, 0.29) is 11.9 Å². The second kappa shape index (κ2) is 13.0. The number of ether oxygens (including phenoxy) is 1. The van der Waals surface area contributed by atoms with E-state index in [9.17, 15) is 10.2 Å². The van der Waals surface area contributed by atoms with Crippen molar-refractivity contribution in [2.45, 2.75) is 66.7 Å². The first-order valence-corrected chi connectivity index (χ1v) is 18.0. The van der Waals surface area contributed by atoms with E-state index >= 15 is 4.79 Å². The summed E-state index contributed by atoms with van der Waals surface area (Å²) < 4.78 is 12.1. The number of carbonyl (C=O) groups excluding carboxylic acids is 1. The van der Waals surface area contributed by atoms with E-state index in [0.29, 0.717) is 42.4 Å². The molecule has 4 heterocycles. The fraction of sp³-hybridized carbons (Fsp3) is 0.350. The molecule has 11 heteroatoms. The molecule has 0 bridgehead atoms. The molecule has 51 heavy (non-hydrogen) atoms. The van der Waals surface area contributed by atoms with Gasteiger partial charge in [0, 0.05) is 59.3 Å². The monoisotopic (exact) mass is 727 g/mol. The number of hydrogen-bond donors (Lipinski definition) is 2. The van der Waals surface area contributed by atoms with Crippen LogP contribution < -0.4 is 9.64 Å². The molecule has 1 aliphatic heterocycles. The van der Waals surface area contributed by atoms with Crippen molar-refractivity contribution in [3.8, 4) is 16.9 Å². The molecule has 3 aromatic carbocycles. The lowest BCUT2D eigenvalue weighted by atomic mass is 9.98. The van der Waals surface area contributed by atoms with E-state index in [0.717, 1.165) is 83.0 Å². The Labute approximate surface area is 307 Å². The van der Waals surface area contributed by atoms with Gasteiger partial charge >= 0.3 is 0 Å². The van der Waals surface area contributed by atoms with Gasteiger partial charge in [-0.3, -0.25) is 9.48 Å². The van der Waals surface area contributed by atoms with Crippen molar-refractivity contribution in [2.24, 2.45) is 14.1 Å². The van der Waals surface area contributed by atoms with Crippen LogP contribution in [-0.2, 0) is 20.5 Å². The van der Waals surface area contributed by atoms with Gasteiger partial charge in [-0.05, 0) is 101 Å². The van der Waals surface area contributed by atoms with Crippen molar-refractivity contribution in [3.63, 3.8) is 0 Å². The first-order valence-electron chi connectivity index (χ1n) is 17.2. The zero-order valence-corrected chi connectivity index (χ0v) is 31.7. The first-order chi connectivity index (χ1) is 24.2. The van der Waals surface area contributed by atoms with Crippen LogP contribution in [0.2, 0.25) is 10.0 Å². The van der Waals surface area contributed by atoms with Crippen LogP contribution in [0, 0.1) is 34.6 Å². The summed E-state index contributed by atoms with van der Waals surface area (Å²) in [7, 11) is 3.73. The highest BCUT2D eigenvalue weighted by Gasteiger charge is 2.38. The minimum absolute atomic E-state index is 0.117. The summed E-state index contributed by atoms with van der Waals surface area (Å²) in [5.74, 6) is 0.651. The van der Waals surface area contributed by atoms with Gasteiger partial charge in [0.05, 0.1) is 39.7 Å². The summed E-state index contributed by atoms with van der Waals surface area (Å²) in [5, 5.41) is 28.1. The summed E-state index contributed by atoms with van der Waals surface area (Å²) in [6, 6.07) is 13.5. The molecule has 6 aromatic rings. The Hall–Kier alpha value is -4.28. The van der Waals surface area contributed by atoms with Gasteiger partial charge in [0.15, 0.2) is 6.29 Å². The normalized spacial score (nSPS) is 14.8. The number of fused-ring (bicyclic) bond motifs is 4. The van der Waals surface area contributed by atoms with Gasteiger partial charge in [-0.1, -0.05) is 41.4 Å². The first kappa shape index (κ1) is 35.1. The largest absolute Gasteiger partial charge is 0.494 e. The predicted octanol–water partition coefficient (Wildman–Crippen LogP) is 8.60. The number of nitrogens with zero attached hydrogens (tertiary/aromatic N) is 5. The number of aliphatic hydroxyl groups excluding tert-OH is 1. The van der Waals surface area contributed by atoms with Crippen LogP contribution in [0.15, 0.2) is 42.5 Å². The summed E-state index contributed by atoms with van der Waals surface area (Å²) in [5.41, 5.74) is 10.9. The summed E-state index contributed by atoms with van der Waals surface area (Å²) in [6.45, 7) is 13.0. The Morgan fingerprint density at radius 1 is 0.941 bits per heavy atom. The predicted molar refractivity (Wildman–Crippen MR) is 205 cm³/mol. The fourth-order valence-corrected chi connectivity index (χ4v) is 8.42. The number of amides is 1. The molecule has 0 saturated carbocycles. The van der Waals surface area contributed by atoms with Gasteiger partial charge in [-0.25, -0.2) is 0 Å². The van der Waals surface area contributed by atoms with E-state index in [1.807, 2.05) is 87.6 Å². The molecule has 0 aliphatic carbocycles. The molecule has 1 amide bonds. The molecule has 266 valence electrons. The number of aryl methyl sites for hydroxylation is 7. The van der Waals surface area contributed by atoms with Crippen molar-refractivity contribution in [1.82, 2.24) is 18.9 Å². The van der Waals surface area contributed by atoms with E-state index in [4.69, 9.17) is 33.0 Å². The van der Waals surface area contributed by atoms with Gasteiger partial charge in [-0.15, -0.1) is 0 Å². The Morgan fingerprint density at radius 3 is 2.29 bits per heavy atom. The van der Waals surface area contributed by atoms with Crippen molar-refractivity contribution in [2.75, 3.05) is 18.1 Å².